The number of rotatable bonds is 6. The summed E-state index contributed by atoms with van der Waals surface area (Å²) in [4.78, 5) is 20.9. The number of para-hydroxylation sites is 1. The van der Waals surface area contributed by atoms with Crippen LogP contribution in [0.2, 0.25) is 0 Å². The maximum atomic E-state index is 12.6. The zero-order chi connectivity index (χ0) is 19.9. The maximum absolute atomic E-state index is 12.6. The number of aromatic nitrogens is 1. The van der Waals surface area contributed by atoms with Crippen molar-refractivity contribution in [3.8, 4) is 5.75 Å². The second kappa shape index (κ2) is 9.44. The number of anilines is 2. The van der Waals surface area contributed by atoms with Crippen molar-refractivity contribution in [3.63, 3.8) is 0 Å². The Kier molecular flexibility index (Phi) is 6.74. The van der Waals surface area contributed by atoms with E-state index in [4.69, 9.17) is 4.74 Å². The number of amides is 1. The van der Waals surface area contributed by atoms with Gasteiger partial charge in [-0.25, -0.2) is 4.98 Å². The molecule has 1 aliphatic heterocycles. The smallest absolute Gasteiger partial charge is 0.260 e. The van der Waals surface area contributed by atoms with Crippen LogP contribution in [-0.4, -0.2) is 55.6 Å². The number of likely N-dealkylation sites (tertiary alicyclic amines) is 1. The van der Waals surface area contributed by atoms with Gasteiger partial charge in [0.1, 0.15) is 11.6 Å². The zero-order valence-electron chi connectivity index (χ0n) is 17.0. The fourth-order valence-electron chi connectivity index (χ4n) is 3.41. The van der Waals surface area contributed by atoms with Crippen LogP contribution in [0.15, 0.2) is 42.6 Å². The van der Waals surface area contributed by atoms with Crippen LogP contribution >= 0.6 is 0 Å². The molecule has 1 saturated heterocycles. The van der Waals surface area contributed by atoms with E-state index in [1.807, 2.05) is 67.3 Å². The van der Waals surface area contributed by atoms with Gasteiger partial charge in [-0.3, -0.25) is 4.79 Å². The van der Waals surface area contributed by atoms with Crippen molar-refractivity contribution in [1.29, 1.82) is 0 Å². The molecule has 0 aliphatic carbocycles. The van der Waals surface area contributed by atoms with Crippen LogP contribution in [-0.2, 0) is 4.79 Å². The van der Waals surface area contributed by atoms with Crippen molar-refractivity contribution in [1.82, 2.24) is 9.88 Å². The molecule has 6 heteroatoms. The predicted molar refractivity (Wildman–Crippen MR) is 113 cm³/mol. The number of carbonyl (C=O) groups is 1. The van der Waals surface area contributed by atoms with Gasteiger partial charge in [0.25, 0.3) is 5.91 Å². The van der Waals surface area contributed by atoms with Crippen LogP contribution in [0, 0.1) is 6.92 Å². The van der Waals surface area contributed by atoms with E-state index in [0.717, 1.165) is 55.2 Å². The van der Waals surface area contributed by atoms with E-state index in [9.17, 15) is 4.79 Å². The van der Waals surface area contributed by atoms with Gasteiger partial charge in [-0.1, -0.05) is 18.2 Å². The summed E-state index contributed by atoms with van der Waals surface area (Å²) in [5.41, 5.74) is 2.07. The summed E-state index contributed by atoms with van der Waals surface area (Å²) < 4.78 is 5.73. The molecule has 1 fully saturated rings. The number of nitrogens with zero attached hydrogens (tertiary/aromatic N) is 3. The first kappa shape index (κ1) is 20.0. The van der Waals surface area contributed by atoms with Gasteiger partial charge in [0.05, 0.1) is 11.9 Å². The molecule has 150 valence electrons. The fraction of sp³-hybridized carbons (Fsp3) is 0.455. The summed E-state index contributed by atoms with van der Waals surface area (Å²) in [5.74, 6) is 1.77. The van der Waals surface area contributed by atoms with Crippen LogP contribution < -0.4 is 15.0 Å². The number of hydrogen-bond acceptors (Lipinski definition) is 5. The van der Waals surface area contributed by atoms with Gasteiger partial charge >= 0.3 is 0 Å². The Labute approximate surface area is 167 Å². The largest absolute Gasteiger partial charge is 0.484 e. The van der Waals surface area contributed by atoms with Crippen molar-refractivity contribution in [3.05, 3.63) is 48.2 Å². The van der Waals surface area contributed by atoms with Gasteiger partial charge < -0.3 is 19.9 Å². The Morgan fingerprint density at radius 1 is 1.21 bits per heavy atom. The number of benzene rings is 1. The Balaban J connectivity index is 1.48. The topological polar surface area (TPSA) is 57.7 Å². The van der Waals surface area contributed by atoms with E-state index in [1.165, 1.54) is 0 Å². The molecule has 0 bridgehead atoms. The van der Waals surface area contributed by atoms with E-state index in [-0.39, 0.29) is 12.5 Å². The number of carbonyl (C=O) groups excluding carboxylic acids is 1. The third-order valence-corrected chi connectivity index (χ3v) is 5.10. The minimum Gasteiger partial charge on any atom is -0.484 e. The summed E-state index contributed by atoms with van der Waals surface area (Å²) >= 11 is 0. The van der Waals surface area contributed by atoms with E-state index in [0.29, 0.717) is 6.04 Å². The molecule has 6 nitrogen and oxygen atoms in total. The monoisotopic (exact) mass is 382 g/mol. The molecule has 1 aliphatic rings. The lowest BCUT2D eigenvalue weighted by molar-refractivity contribution is -0.133. The second-order valence-electron chi connectivity index (χ2n) is 7.51. The van der Waals surface area contributed by atoms with Gasteiger partial charge in [-0.15, -0.1) is 0 Å². The highest BCUT2D eigenvalue weighted by atomic mass is 16.5. The van der Waals surface area contributed by atoms with Gasteiger partial charge in [0.2, 0.25) is 0 Å². The molecule has 1 aromatic carbocycles. The molecule has 2 heterocycles. The highest BCUT2D eigenvalue weighted by molar-refractivity contribution is 5.77. The second-order valence-corrected chi connectivity index (χ2v) is 7.51. The maximum Gasteiger partial charge on any atom is 0.260 e. The molecule has 0 saturated carbocycles. The first-order valence-corrected chi connectivity index (χ1v) is 9.89. The molecule has 1 N–H and O–H groups in total. The van der Waals surface area contributed by atoms with E-state index in [2.05, 4.69) is 16.4 Å². The quantitative estimate of drug-likeness (QED) is 0.830. The van der Waals surface area contributed by atoms with Gasteiger partial charge in [-0.05, 0) is 49.9 Å². The summed E-state index contributed by atoms with van der Waals surface area (Å²) in [6, 6.07) is 12.2. The Bertz CT molecular complexity index is 776. The summed E-state index contributed by atoms with van der Waals surface area (Å²) in [6.07, 6.45) is 4.82. The summed E-state index contributed by atoms with van der Waals surface area (Å²) in [5, 5.41) is 3.56. The van der Waals surface area contributed by atoms with E-state index < -0.39 is 0 Å². The summed E-state index contributed by atoms with van der Waals surface area (Å²) in [6.45, 7) is 3.61. The fourth-order valence-corrected chi connectivity index (χ4v) is 3.41. The molecular weight excluding hydrogens is 352 g/mol. The lowest BCUT2D eigenvalue weighted by atomic mass is 10.1. The van der Waals surface area contributed by atoms with Crippen molar-refractivity contribution in [2.45, 2.75) is 32.2 Å². The number of pyridine rings is 1. The Morgan fingerprint density at radius 3 is 2.75 bits per heavy atom. The lowest BCUT2D eigenvalue weighted by Gasteiger charge is -2.21. The van der Waals surface area contributed by atoms with Gasteiger partial charge in [-0.2, -0.15) is 0 Å². The average Bonchev–Trinajstić information content (AvgIpc) is 2.93. The van der Waals surface area contributed by atoms with Crippen LogP contribution in [0.4, 0.5) is 11.5 Å². The highest BCUT2D eigenvalue weighted by Gasteiger charge is 2.21. The molecule has 3 rings (SSSR count). The van der Waals surface area contributed by atoms with Crippen molar-refractivity contribution in [2.75, 3.05) is 44.0 Å². The van der Waals surface area contributed by atoms with Crippen LogP contribution in [0.5, 0.6) is 5.75 Å². The zero-order valence-corrected chi connectivity index (χ0v) is 17.0. The number of ether oxygens (including phenoxy) is 1. The van der Waals surface area contributed by atoms with E-state index in [1.54, 1.807) is 0 Å². The molecular formula is C22H30N4O2. The van der Waals surface area contributed by atoms with Gasteiger partial charge in [0.15, 0.2) is 6.61 Å². The first-order chi connectivity index (χ1) is 13.5. The molecule has 1 unspecified atom stereocenters. The van der Waals surface area contributed by atoms with Crippen LogP contribution in [0.3, 0.4) is 0 Å². The molecule has 1 aromatic heterocycles. The van der Waals surface area contributed by atoms with Crippen molar-refractivity contribution in [2.24, 2.45) is 0 Å². The molecule has 1 amide bonds. The number of nitrogens with one attached hydrogen (secondary N) is 1. The standard InChI is InChI=1S/C22H30N4O2/c1-17-7-4-5-9-20(17)28-16-22(27)26-13-6-8-18(12-14-26)24-19-10-11-21(23-15-19)25(2)3/h4-5,7,9-11,15,18,24H,6,8,12-14,16H2,1-3H3. The predicted octanol–water partition coefficient (Wildman–Crippen LogP) is 3.33. The molecule has 2 aromatic rings. The number of aryl methyl sites for hydroxylation is 1. The molecule has 0 radical (unpaired) electrons. The summed E-state index contributed by atoms with van der Waals surface area (Å²) in [7, 11) is 3.96. The first-order valence-electron chi connectivity index (χ1n) is 9.89. The minimum absolute atomic E-state index is 0.0564. The minimum atomic E-state index is 0.0564. The van der Waals surface area contributed by atoms with Crippen LogP contribution in [0.25, 0.3) is 0 Å². The third kappa shape index (κ3) is 5.38. The van der Waals surface area contributed by atoms with Crippen molar-refractivity contribution < 1.29 is 9.53 Å². The Hall–Kier alpha value is -2.76. The van der Waals surface area contributed by atoms with Crippen LogP contribution in [0.1, 0.15) is 24.8 Å². The number of hydrogen-bond donors (Lipinski definition) is 1. The molecule has 0 spiro atoms. The van der Waals surface area contributed by atoms with E-state index >= 15 is 0 Å². The van der Waals surface area contributed by atoms with Gasteiger partial charge in [0, 0.05) is 33.2 Å². The SMILES string of the molecule is Cc1ccccc1OCC(=O)N1CCCC(Nc2ccc(N(C)C)nc2)CC1. The molecule has 1 atom stereocenters. The lowest BCUT2D eigenvalue weighted by Crippen LogP contribution is -2.36. The van der Waals surface area contributed by atoms with Crippen molar-refractivity contribution >= 4 is 17.4 Å². The molecule has 28 heavy (non-hydrogen) atoms. The average molecular weight is 383 g/mol. The third-order valence-electron chi connectivity index (χ3n) is 5.10. The highest BCUT2D eigenvalue weighted by Crippen LogP contribution is 2.19. The normalized spacial score (nSPS) is 17.0. The Morgan fingerprint density at radius 2 is 2.04 bits per heavy atom.